The average Bonchev–Trinajstić information content (AvgIpc) is 3.05. The Morgan fingerprint density at radius 2 is 1.63 bits per heavy atom. The molecule has 4 saturated carbocycles. The number of fused-ring (bicyclic) bond motifs is 5. The van der Waals surface area contributed by atoms with Crippen molar-refractivity contribution in [2.75, 3.05) is 0 Å². The highest BCUT2D eigenvalue weighted by Crippen LogP contribution is 2.68. The van der Waals surface area contributed by atoms with Crippen LogP contribution in [0.1, 0.15) is 112 Å². The highest BCUT2D eigenvalue weighted by molar-refractivity contribution is 5.09. The van der Waals surface area contributed by atoms with E-state index in [9.17, 15) is 4.91 Å². The van der Waals surface area contributed by atoms with Gasteiger partial charge in [-0.25, -0.2) is 0 Å². The van der Waals surface area contributed by atoms with E-state index in [-0.39, 0.29) is 6.10 Å². The van der Waals surface area contributed by atoms with E-state index < -0.39 is 0 Å². The van der Waals surface area contributed by atoms with Gasteiger partial charge in [-0.05, 0) is 110 Å². The van der Waals surface area contributed by atoms with Gasteiger partial charge in [-0.15, -0.1) is 4.91 Å². The third kappa shape index (κ3) is 3.85. The van der Waals surface area contributed by atoms with Gasteiger partial charge >= 0.3 is 0 Å². The molecule has 0 N–H and O–H groups in total. The molecular formula is C27H47NO2. The standard InChI is InChI=1S/C27H47NO2/c1-18(2)7-6-8-19(3)23-11-12-24-22-10-9-20-17-21(30-28-29)13-15-26(20,4)25(22)14-16-27(23,24)5/h18-25H,6-17H2,1-5H3/t19-,20+,21+,22+,23-,24+,25+,26+,27-/m1/s1. The Balaban J connectivity index is 1.44. The first-order chi connectivity index (χ1) is 14.3. The van der Waals surface area contributed by atoms with Crippen LogP contribution in [0.3, 0.4) is 0 Å². The van der Waals surface area contributed by atoms with Crippen LogP contribution in [0.5, 0.6) is 0 Å². The van der Waals surface area contributed by atoms with Gasteiger partial charge in [0.15, 0.2) is 5.34 Å². The van der Waals surface area contributed by atoms with Gasteiger partial charge in [-0.3, -0.25) is 0 Å². The van der Waals surface area contributed by atoms with Crippen LogP contribution in [0.15, 0.2) is 5.34 Å². The van der Waals surface area contributed by atoms with E-state index in [1.165, 1.54) is 64.2 Å². The molecule has 0 aliphatic heterocycles. The van der Waals surface area contributed by atoms with Crippen molar-refractivity contribution in [3.8, 4) is 0 Å². The molecule has 0 aromatic heterocycles. The Labute approximate surface area is 185 Å². The lowest BCUT2D eigenvalue weighted by Gasteiger charge is -2.61. The molecule has 0 saturated heterocycles. The largest absolute Gasteiger partial charge is 0.361 e. The van der Waals surface area contributed by atoms with Crippen LogP contribution < -0.4 is 0 Å². The summed E-state index contributed by atoms with van der Waals surface area (Å²) in [4.78, 5) is 15.8. The monoisotopic (exact) mass is 417 g/mol. The van der Waals surface area contributed by atoms with Crippen molar-refractivity contribution in [1.82, 2.24) is 0 Å². The zero-order chi connectivity index (χ0) is 21.5. The predicted molar refractivity (Wildman–Crippen MR) is 124 cm³/mol. The molecule has 3 nitrogen and oxygen atoms in total. The molecule has 0 bridgehead atoms. The van der Waals surface area contributed by atoms with Crippen LogP contribution in [0.4, 0.5) is 0 Å². The van der Waals surface area contributed by atoms with Crippen LogP contribution in [-0.4, -0.2) is 6.10 Å². The van der Waals surface area contributed by atoms with E-state index in [0.29, 0.717) is 10.8 Å². The Kier molecular flexibility index (Phi) is 6.58. The first-order valence-electron chi connectivity index (χ1n) is 13.3. The summed E-state index contributed by atoms with van der Waals surface area (Å²) >= 11 is 0. The second-order valence-corrected chi connectivity index (χ2v) is 12.8. The maximum absolute atomic E-state index is 10.6. The minimum Gasteiger partial charge on any atom is -0.361 e. The minimum absolute atomic E-state index is 0.0773. The number of hydrogen-bond acceptors (Lipinski definition) is 3. The first kappa shape index (κ1) is 22.6. The lowest BCUT2D eigenvalue weighted by atomic mass is 9.44. The zero-order valence-electron chi connectivity index (χ0n) is 20.4. The van der Waals surface area contributed by atoms with Crippen molar-refractivity contribution < 1.29 is 4.84 Å². The Morgan fingerprint density at radius 3 is 2.37 bits per heavy atom. The van der Waals surface area contributed by atoms with Crippen LogP contribution >= 0.6 is 0 Å². The van der Waals surface area contributed by atoms with E-state index >= 15 is 0 Å². The number of hydrogen-bond donors (Lipinski definition) is 0. The van der Waals surface area contributed by atoms with Crippen molar-refractivity contribution in [2.24, 2.45) is 57.6 Å². The second-order valence-electron chi connectivity index (χ2n) is 12.8. The molecule has 4 rings (SSSR count). The maximum Gasteiger partial charge on any atom is 0.155 e. The van der Waals surface area contributed by atoms with E-state index in [2.05, 4.69) is 40.0 Å². The van der Waals surface area contributed by atoms with Crippen molar-refractivity contribution in [1.29, 1.82) is 0 Å². The molecule has 3 heteroatoms. The summed E-state index contributed by atoms with van der Waals surface area (Å²) < 4.78 is 0. The van der Waals surface area contributed by atoms with Gasteiger partial charge in [0.05, 0.1) is 0 Å². The van der Waals surface area contributed by atoms with Crippen molar-refractivity contribution >= 4 is 0 Å². The van der Waals surface area contributed by atoms with Gasteiger partial charge in [0, 0.05) is 0 Å². The topological polar surface area (TPSA) is 38.7 Å². The number of rotatable bonds is 7. The van der Waals surface area contributed by atoms with Gasteiger partial charge in [0.2, 0.25) is 0 Å². The predicted octanol–water partition coefficient (Wildman–Crippen LogP) is 8.17. The van der Waals surface area contributed by atoms with Crippen LogP contribution in [0.2, 0.25) is 0 Å². The fraction of sp³-hybridized carbons (Fsp3) is 1.00. The summed E-state index contributed by atoms with van der Waals surface area (Å²) in [6, 6.07) is 0. The quantitative estimate of drug-likeness (QED) is 0.309. The fourth-order valence-corrected chi connectivity index (χ4v) is 9.40. The van der Waals surface area contributed by atoms with Crippen LogP contribution in [-0.2, 0) is 4.84 Å². The molecule has 0 heterocycles. The lowest BCUT2D eigenvalue weighted by Crippen LogP contribution is -2.54. The minimum atomic E-state index is 0.0773. The lowest BCUT2D eigenvalue weighted by molar-refractivity contribution is -0.137. The van der Waals surface area contributed by atoms with Crippen molar-refractivity contribution in [2.45, 2.75) is 118 Å². The van der Waals surface area contributed by atoms with Gasteiger partial charge < -0.3 is 4.84 Å². The Bertz CT molecular complexity index is 606. The summed E-state index contributed by atoms with van der Waals surface area (Å²) in [5.74, 6) is 6.22. The van der Waals surface area contributed by atoms with E-state index in [0.717, 1.165) is 54.3 Å². The molecule has 0 amide bonds. The van der Waals surface area contributed by atoms with E-state index in [1.807, 2.05) is 0 Å². The molecule has 172 valence electrons. The maximum atomic E-state index is 10.6. The molecule has 9 atom stereocenters. The number of nitrogens with zero attached hydrogens (tertiary/aromatic N) is 1. The first-order valence-corrected chi connectivity index (χ1v) is 13.3. The summed E-state index contributed by atoms with van der Waals surface area (Å²) in [7, 11) is 0. The van der Waals surface area contributed by atoms with Crippen LogP contribution in [0.25, 0.3) is 0 Å². The normalized spacial score (nSPS) is 46.6. The third-order valence-corrected chi connectivity index (χ3v) is 11.0. The highest BCUT2D eigenvalue weighted by atomic mass is 16.7. The molecule has 0 aromatic rings. The summed E-state index contributed by atoms with van der Waals surface area (Å²) in [6.07, 6.45) is 16.3. The molecule has 4 aliphatic rings. The average molecular weight is 418 g/mol. The van der Waals surface area contributed by atoms with Gasteiger partial charge in [0.1, 0.15) is 6.10 Å². The molecule has 30 heavy (non-hydrogen) atoms. The van der Waals surface area contributed by atoms with Gasteiger partial charge in [-0.2, -0.15) is 0 Å². The summed E-state index contributed by atoms with van der Waals surface area (Å²) in [5.41, 5.74) is 1.05. The van der Waals surface area contributed by atoms with Crippen molar-refractivity contribution in [3.05, 3.63) is 4.91 Å². The summed E-state index contributed by atoms with van der Waals surface area (Å²) in [5, 5.41) is 2.76. The molecule has 0 unspecified atom stereocenters. The van der Waals surface area contributed by atoms with Crippen molar-refractivity contribution in [3.63, 3.8) is 0 Å². The van der Waals surface area contributed by atoms with Gasteiger partial charge in [-0.1, -0.05) is 53.9 Å². The molecule has 0 radical (unpaired) electrons. The smallest absolute Gasteiger partial charge is 0.155 e. The zero-order valence-corrected chi connectivity index (χ0v) is 20.4. The second kappa shape index (κ2) is 8.74. The highest BCUT2D eigenvalue weighted by Gasteiger charge is 2.60. The molecule has 0 spiro atoms. The molecule has 4 aliphatic carbocycles. The molecule has 0 aromatic carbocycles. The SMILES string of the molecule is CC(C)CCC[C@@H](C)[C@H]1CC[C@H]2[C@@H]3CC[C@H]4C[C@@H](ON=O)CC[C@]4(C)[C@H]3CC[C@]12C. The van der Waals surface area contributed by atoms with E-state index in [1.54, 1.807) is 0 Å². The Morgan fingerprint density at radius 1 is 0.900 bits per heavy atom. The van der Waals surface area contributed by atoms with Crippen LogP contribution in [0, 0.1) is 57.2 Å². The molecular weight excluding hydrogens is 370 g/mol. The fourth-order valence-electron chi connectivity index (χ4n) is 9.40. The summed E-state index contributed by atoms with van der Waals surface area (Å²) in [6.45, 7) is 12.6. The Hall–Kier alpha value is -0.600. The third-order valence-electron chi connectivity index (χ3n) is 11.0. The van der Waals surface area contributed by atoms with E-state index in [4.69, 9.17) is 4.84 Å². The van der Waals surface area contributed by atoms with Gasteiger partial charge in [0.25, 0.3) is 0 Å². The molecule has 4 fully saturated rings.